The first-order valence-corrected chi connectivity index (χ1v) is 6.70. The Labute approximate surface area is 113 Å². The summed E-state index contributed by atoms with van der Waals surface area (Å²) in [5.74, 6) is 0.112. The molecule has 0 atom stereocenters. The number of benzene rings is 1. The van der Waals surface area contributed by atoms with E-state index in [0.717, 1.165) is 16.5 Å². The van der Waals surface area contributed by atoms with Gasteiger partial charge in [-0.15, -0.1) is 0 Å². The number of aliphatic hydroxyl groups is 1. The molecule has 1 aromatic carbocycles. The summed E-state index contributed by atoms with van der Waals surface area (Å²) in [5.41, 5.74) is 2.09. The van der Waals surface area contributed by atoms with Gasteiger partial charge in [-0.3, -0.25) is 4.79 Å². The number of para-hydroxylation sites is 1. The van der Waals surface area contributed by atoms with Crippen LogP contribution < -0.4 is 0 Å². The van der Waals surface area contributed by atoms with Gasteiger partial charge in [0.15, 0.2) is 0 Å². The number of fused-ring (bicyclic) bond motifs is 1. The number of nitrogens with one attached hydrogen (secondary N) is 1. The van der Waals surface area contributed by atoms with E-state index in [4.69, 9.17) is 5.11 Å². The van der Waals surface area contributed by atoms with E-state index in [9.17, 15) is 4.79 Å². The van der Waals surface area contributed by atoms with Crippen LogP contribution in [-0.2, 0) is 11.2 Å². The largest absolute Gasteiger partial charge is 0.396 e. The highest BCUT2D eigenvalue weighted by Crippen LogP contribution is 2.18. The first-order chi connectivity index (χ1) is 9.26. The van der Waals surface area contributed by atoms with E-state index < -0.39 is 0 Å². The number of nitrogens with zero attached hydrogens (tertiary/aromatic N) is 1. The van der Waals surface area contributed by atoms with Gasteiger partial charge in [0.2, 0.25) is 5.91 Å². The number of hydrogen-bond acceptors (Lipinski definition) is 2. The van der Waals surface area contributed by atoms with Crippen molar-refractivity contribution in [3.05, 3.63) is 36.0 Å². The molecule has 2 aromatic rings. The predicted molar refractivity (Wildman–Crippen MR) is 76.0 cm³/mol. The standard InChI is InChI=1S/C15H20N2O2/c1-2-17(8-5-9-18)15(19)10-12-11-16-14-7-4-3-6-13(12)14/h3-4,6-7,11,16,18H,2,5,8-10H2,1H3. The maximum atomic E-state index is 12.2. The minimum absolute atomic E-state index is 0.112. The van der Waals surface area contributed by atoms with Gasteiger partial charge in [0.1, 0.15) is 0 Å². The van der Waals surface area contributed by atoms with Crippen LogP contribution in [0.25, 0.3) is 10.9 Å². The van der Waals surface area contributed by atoms with E-state index in [-0.39, 0.29) is 12.5 Å². The lowest BCUT2D eigenvalue weighted by Crippen LogP contribution is -2.33. The molecule has 0 saturated heterocycles. The monoisotopic (exact) mass is 260 g/mol. The fourth-order valence-electron chi connectivity index (χ4n) is 2.27. The Morgan fingerprint density at radius 3 is 2.89 bits per heavy atom. The fourth-order valence-corrected chi connectivity index (χ4v) is 2.27. The van der Waals surface area contributed by atoms with Gasteiger partial charge in [0.25, 0.3) is 0 Å². The number of aromatic nitrogens is 1. The molecule has 1 amide bonds. The van der Waals surface area contributed by atoms with E-state index in [1.165, 1.54) is 0 Å². The normalized spacial score (nSPS) is 10.8. The number of carbonyl (C=O) groups is 1. The molecule has 102 valence electrons. The summed E-state index contributed by atoms with van der Waals surface area (Å²) >= 11 is 0. The summed E-state index contributed by atoms with van der Waals surface area (Å²) in [6, 6.07) is 7.99. The van der Waals surface area contributed by atoms with Crippen LogP contribution in [0.1, 0.15) is 18.9 Å². The molecule has 0 saturated carbocycles. The lowest BCUT2D eigenvalue weighted by Gasteiger charge is -2.20. The number of H-pyrrole nitrogens is 1. The highest BCUT2D eigenvalue weighted by molar-refractivity contribution is 5.88. The van der Waals surface area contributed by atoms with Gasteiger partial charge in [0.05, 0.1) is 6.42 Å². The van der Waals surface area contributed by atoms with Crippen LogP contribution >= 0.6 is 0 Å². The van der Waals surface area contributed by atoms with Crippen LogP contribution in [0.5, 0.6) is 0 Å². The van der Waals surface area contributed by atoms with E-state index in [1.54, 1.807) is 4.90 Å². The summed E-state index contributed by atoms with van der Waals surface area (Å²) in [4.78, 5) is 17.2. The lowest BCUT2D eigenvalue weighted by molar-refractivity contribution is -0.130. The maximum absolute atomic E-state index is 12.2. The van der Waals surface area contributed by atoms with Gasteiger partial charge < -0.3 is 15.0 Å². The zero-order valence-corrected chi connectivity index (χ0v) is 11.2. The van der Waals surface area contributed by atoms with Crippen molar-refractivity contribution in [1.82, 2.24) is 9.88 Å². The SMILES string of the molecule is CCN(CCCO)C(=O)Cc1c[nH]c2ccccc12. The number of aromatic amines is 1. The maximum Gasteiger partial charge on any atom is 0.227 e. The van der Waals surface area contributed by atoms with Crippen molar-refractivity contribution in [2.24, 2.45) is 0 Å². The third-order valence-corrected chi connectivity index (χ3v) is 3.34. The van der Waals surface area contributed by atoms with Crippen LogP contribution in [0.4, 0.5) is 0 Å². The highest BCUT2D eigenvalue weighted by Gasteiger charge is 2.14. The number of carbonyl (C=O) groups excluding carboxylic acids is 1. The summed E-state index contributed by atoms with van der Waals surface area (Å²) < 4.78 is 0. The zero-order chi connectivity index (χ0) is 13.7. The fraction of sp³-hybridized carbons (Fsp3) is 0.400. The summed E-state index contributed by atoms with van der Waals surface area (Å²) in [6.07, 6.45) is 2.94. The van der Waals surface area contributed by atoms with Crippen molar-refractivity contribution < 1.29 is 9.90 Å². The molecule has 19 heavy (non-hydrogen) atoms. The van der Waals surface area contributed by atoms with E-state index >= 15 is 0 Å². The Bertz CT molecular complexity index is 548. The van der Waals surface area contributed by atoms with Crippen LogP contribution in [-0.4, -0.2) is 40.6 Å². The van der Waals surface area contributed by atoms with Gasteiger partial charge in [-0.25, -0.2) is 0 Å². The van der Waals surface area contributed by atoms with Crippen LogP contribution in [0.15, 0.2) is 30.5 Å². The third kappa shape index (κ3) is 3.15. The Balaban J connectivity index is 2.09. The van der Waals surface area contributed by atoms with Gasteiger partial charge in [-0.2, -0.15) is 0 Å². The zero-order valence-electron chi connectivity index (χ0n) is 11.2. The summed E-state index contributed by atoms with van der Waals surface area (Å²) in [6.45, 7) is 3.39. The second kappa shape index (κ2) is 6.38. The topological polar surface area (TPSA) is 56.3 Å². The molecule has 0 aliphatic carbocycles. The van der Waals surface area contributed by atoms with Crippen molar-refractivity contribution >= 4 is 16.8 Å². The molecule has 0 aliphatic heterocycles. The smallest absolute Gasteiger partial charge is 0.227 e. The molecular weight excluding hydrogens is 240 g/mol. The first-order valence-electron chi connectivity index (χ1n) is 6.70. The average molecular weight is 260 g/mol. The van der Waals surface area contributed by atoms with Crippen LogP contribution in [0.2, 0.25) is 0 Å². The van der Waals surface area contributed by atoms with Gasteiger partial charge >= 0.3 is 0 Å². The van der Waals surface area contributed by atoms with Gasteiger partial charge in [0, 0.05) is 36.8 Å². The van der Waals surface area contributed by atoms with E-state index in [1.807, 2.05) is 37.4 Å². The molecule has 0 fully saturated rings. The quantitative estimate of drug-likeness (QED) is 0.834. The molecular formula is C15H20N2O2. The number of amides is 1. The second-order valence-electron chi connectivity index (χ2n) is 4.59. The molecule has 0 unspecified atom stereocenters. The number of aliphatic hydroxyl groups excluding tert-OH is 1. The minimum Gasteiger partial charge on any atom is -0.396 e. The predicted octanol–water partition coefficient (Wildman–Crippen LogP) is 1.94. The number of rotatable bonds is 6. The molecule has 4 nitrogen and oxygen atoms in total. The summed E-state index contributed by atoms with van der Waals surface area (Å²) in [7, 11) is 0. The minimum atomic E-state index is 0.112. The molecule has 2 rings (SSSR count). The molecule has 2 N–H and O–H groups in total. The summed E-state index contributed by atoms with van der Waals surface area (Å²) in [5, 5.41) is 9.95. The highest BCUT2D eigenvalue weighted by atomic mass is 16.3. The van der Waals surface area contributed by atoms with Crippen LogP contribution in [0.3, 0.4) is 0 Å². The Hall–Kier alpha value is -1.81. The van der Waals surface area contributed by atoms with Crippen molar-refractivity contribution in [1.29, 1.82) is 0 Å². The molecule has 0 bridgehead atoms. The molecule has 0 aliphatic rings. The Morgan fingerprint density at radius 1 is 1.37 bits per heavy atom. The number of hydrogen-bond donors (Lipinski definition) is 2. The second-order valence-corrected chi connectivity index (χ2v) is 4.59. The molecule has 0 spiro atoms. The van der Waals surface area contributed by atoms with Gasteiger partial charge in [-0.05, 0) is 25.0 Å². The number of likely N-dealkylation sites (N-methyl/N-ethyl adjacent to an activating group) is 1. The van der Waals surface area contributed by atoms with Crippen LogP contribution in [0, 0.1) is 0 Å². The Morgan fingerprint density at radius 2 is 2.16 bits per heavy atom. The molecule has 1 heterocycles. The first kappa shape index (κ1) is 13.6. The van der Waals surface area contributed by atoms with E-state index in [0.29, 0.717) is 25.9 Å². The lowest BCUT2D eigenvalue weighted by atomic mass is 10.1. The van der Waals surface area contributed by atoms with Crippen molar-refractivity contribution in [3.63, 3.8) is 0 Å². The van der Waals surface area contributed by atoms with Gasteiger partial charge in [-0.1, -0.05) is 18.2 Å². The van der Waals surface area contributed by atoms with E-state index in [2.05, 4.69) is 4.98 Å². The van der Waals surface area contributed by atoms with Crippen molar-refractivity contribution in [2.75, 3.05) is 19.7 Å². The molecule has 0 radical (unpaired) electrons. The third-order valence-electron chi connectivity index (χ3n) is 3.34. The molecule has 1 aromatic heterocycles. The average Bonchev–Trinajstić information content (AvgIpc) is 2.83. The van der Waals surface area contributed by atoms with Crippen molar-refractivity contribution in [3.8, 4) is 0 Å². The Kier molecular flexibility index (Phi) is 4.58. The van der Waals surface area contributed by atoms with Crippen molar-refractivity contribution in [2.45, 2.75) is 19.8 Å². The molecule has 4 heteroatoms.